The molecule has 0 aromatic heterocycles. The fourth-order valence-corrected chi connectivity index (χ4v) is 3.76. The topological polar surface area (TPSA) is 64.7 Å². The minimum atomic E-state index is -3.27. The molecular weight excluding hydrogens is 252 g/mol. The summed E-state index contributed by atoms with van der Waals surface area (Å²) in [6, 6.07) is 0. The minimum absolute atomic E-state index is 0.485. The van der Waals surface area contributed by atoms with E-state index in [1.54, 1.807) is 4.31 Å². The first-order chi connectivity index (χ1) is 8.58. The smallest absolute Gasteiger partial charge is 0.279 e. The number of nitrogens with one attached hydrogen (secondary N) is 2. The third kappa shape index (κ3) is 3.89. The largest absolute Gasteiger partial charge is 0.314 e. The van der Waals surface area contributed by atoms with Gasteiger partial charge in [-0.15, -0.1) is 0 Å². The van der Waals surface area contributed by atoms with E-state index in [4.69, 9.17) is 0 Å². The highest BCUT2D eigenvalue weighted by Crippen LogP contribution is 2.15. The molecule has 0 spiro atoms. The van der Waals surface area contributed by atoms with E-state index in [1.165, 1.54) is 0 Å². The summed E-state index contributed by atoms with van der Waals surface area (Å²) in [7, 11) is -1.15. The highest BCUT2D eigenvalue weighted by molar-refractivity contribution is 7.87. The van der Waals surface area contributed by atoms with Gasteiger partial charge in [0.05, 0.1) is 0 Å². The fraction of sp³-hybridized carbons (Fsp3) is 1.00. The zero-order chi connectivity index (χ0) is 13.0. The van der Waals surface area contributed by atoms with E-state index in [1.807, 2.05) is 0 Å². The summed E-state index contributed by atoms with van der Waals surface area (Å²) in [5.74, 6) is 0.485. The first-order valence-corrected chi connectivity index (χ1v) is 8.16. The third-order valence-corrected chi connectivity index (χ3v) is 5.38. The van der Waals surface area contributed by atoms with Crippen molar-refractivity contribution in [2.75, 3.05) is 52.9 Å². The maximum atomic E-state index is 12.1. The van der Waals surface area contributed by atoms with Crippen molar-refractivity contribution in [2.45, 2.75) is 12.8 Å². The Balaban J connectivity index is 1.77. The van der Waals surface area contributed by atoms with Gasteiger partial charge in [0.1, 0.15) is 0 Å². The molecule has 0 aliphatic carbocycles. The van der Waals surface area contributed by atoms with Gasteiger partial charge in [-0.1, -0.05) is 0 Å². The maximum Gasteiger partial charge on any atom is 0.279 e. The fourth-order valence-electron chi connectivity index (χ4n) is 2.47. The van der Waals surface area contributed by atoms with Crippen LogP contribution in [-0.4, -0.2) is 70.5 Å². The van der Waals surface area contributed by atoms with Gasteiger partial charge in [-0.3, -0.25) is 0 Å². The Labute approximate surface area is 110 Å². The lowest BCUT2D eigenvalue weighted by Crippen LogP contribution is -2.51. The van der Waals surface area contributed by atoms with Gasteiger partial charge >= 0.3 is 0 Å². The maximum absolute atomic E-state index is 12.1. The summed E-state index contributed by atoms with van der Waals surface area (Å²) in [5, 5.41) is 3.16. The predicted octanol–water partition coefficient (Wildman–Crippen LogP) is -0.932. The van der Waals surface area contributed by atoms with Crippen molar-refractivity contribution in [1.82, 2.24) is 19.2 Å². The van der Waals surface area contributed by atoms with Gasteiger partial charge < -0.3 is 10.2 Å². The predicted molar refractivity (Wildman–Crippen MR) is 71.6 cm³/mol. The lowest BCUT2D eigenvalue weighted by atomic mass is 9.98. The lowest BCUT2D eigenvalue weighted by Gasteiger charge is -2.31. The van der Waals surface area contributed by atoms with Gasteiger partial charge in [0, 0.05) is 32.7 Å². The van der Waals surface area contributed by atoms with Crippen LogP contribution in [-0.2, 0) is 10.2 Å². The second-order valence-electron chi connectivity index (χ2n) is 5.25. The quantitative estimate of drug-likeness (QED) is 0.696. The summed E-state index contributed by atoms with van der Waals surface area (Å²) in [6.07, 6.45) is 2.17. The van der Waals surface area contributed by atoms with E-state index in [9.17, 15) is 8.42 Å². The number of piperazine rings is 1. The van der Waals surface area contributed by atoms with Crippen LogP contribution in [0.1, 0.15) is 12.8 Å². The molecule has 2 aliphatic heterocycles. The molecule has 2 aliphatic rings. The minimum Gasteiger partial charge on any atom is -0.314 e. The van der Waals surface area contributed by atoms with Gasteiger partial charge in [-0.25, -0.2) is 4.72 Å². The van der Waals surface area contributed by atoms with Crippen molar-refractivity contribution in [2.24, 2.45) is 5.92 Å². The summed E-state index contributed by atoms with van der Waals surface area (Å²) in [4.78, 5) is 2.29. The molecule has 2 saturated heterocycles. The van der Waals surface area contributed by atoms with E-state index in [2.05, 4.69) is 22.0 Å². The van der Waals surface area contributed by atoms with Gasteiger partial charge in [-0.2, -0.15) is 12.7 Å². The van der Waals surface area contributed by atoms with Gasteiger partial charge in [0.15, 0.2) is 0 Å². The molecule has 0 atom stereocenters. The Morgan fingerprint density at radius 2 is 1.78 bits per heavy atom. The Hall–Kier alpha value is -0.210. The average molecular weight is 276 g/mol. The molecule has 2 rings (SSSR count). The van der Waals surface area contributed by atoms with Crippen molar-refractivity contribution in [3.8, 4) is 0 Å². The molecule has 0 aromatic carbocycles. The summed E-state index contributed by atoms with van der Waals surface area (Å²) in [5.41, 5.74) is 0. The number of hydrogen-bond acceptors (Lipinski definition) is 4. The highest BCUT2D eigenvalue weighted by atomic mass is 32.2. The zero-order valence-electron chi connectivity index (χ0n) is 11.1. The van der Waals surface area contributed by atoms with Crippen molar-refractivity contribution in [1.29, 1.82) is 0 Å². The molecule has 6 nitrogen and oxygen atoms in total. The van der Waals surface area contributed by atoms with Crippen molar-refractivity contribution < 1.29 is 8.42 Å². The number of likely N-dealkylation sites (tertiary alicyclic amines) is 1. The van der Waals surface area contributed by atoms with Crippen molar-refractivity contribution in [3.05, 3.63) is 0 Å². The van der Waals surface area contributed by atoms with Gasteiger partial charge in [-0.05, 0) is 38.9 Å². The van der Waals surface area contributed by atoms with Crippen molar-refractivity contribution in [3.63, 3.8) is 0 Å². The number of nitrogens with zero attached hydrogens (tertiary/aromatic N) is 2. The van der Waals surface area contributed by atoms with Crippen LogP contribution in [0.2, 0.25) is 0 Å². The van der Waals surface area contributed by atoms with Crippen LogP contribution in [0.3, 0.4) is 0 Å². The molecule has 0 saturated carbocycles. The van der Waals surface area contributed by atoms with Crippen LogP contribution in [0.25, 0.3) is 0 Å². The van der Waals surface area contributed by atoms with Gasteiger partial charge in [0.2, 0.25) is 0 Å². The van der Waals surface area contributed by atoms with Crippen LogP contribution in [0, 0.1) is 5.92 Å². The Kier molecular flexibility index (Phi) is 4.97. The molecule has 0 aromatic rings. The van der Waals surface area contributed by atoms with Gasteiger partial charge in [0.25, 0.3) is 10.2 Å². The molecule has 2 fully saturated rings. The average Bonchev–Trinajstić information content (AvgIpc) is 2.39. The molecule has 106 valence electrons. The summed E-state index contributed by atoms with van der Waals surface area (Å²) in [6.45, 7) is 5.36. The van der Waals surface area contributed by atoms with E-state index in [0.717, 1.165) is 39.0 Å². The summed E-state index contributed by atoms with van der Waals surface area (Å²) >= 11 is 0. The van der Waals surface area contributed by atoms with Crippen LogP contribution in [0.15, 0.2) is 0 Å². The second-order valence-corrected chi connectivity index (χ2v) is 7.00. The lowest BCUT2D eigenvalue weighted by molar-refractivity contribution is 0.220. The monoisotopic (exact) mass is 276 g/mol. The molecule has 18 heavy (non-hydrogen) atoms. The Bertz CT molecular complexity index is 346. The number of hydrogen-bond donors (Lipinski definition) is 2. The number of rotatable bonds is 4. The Morgan fingerprint density at radius 3 is 2.39 bits per heavy atom. The second kappa shape index (κ2) is 6.29. The van der Waals surface area contributed by atoms with Crippen LogP contribution in [0.5, 0.6) is 0 Å². The summed E-state index contributed by atoms with van der Waals surface area (Å²) < 4.78 is 28.4. The molecule has 0 radical (unpaired) electrons. The molecule has 0 unspecified atom stereocenters. The van der Waals surface area contributed by atoms with E-state index < -0.39 is 10.2 Å². The van der Waals surface area contributed by atoms with Crippen LogP contribution >= 0.6 is 0 Å². The SMILES string of the molecule is CN1CCC(CNS(=O)(=O)N2CCNCC2)CC1. The third-order valence-electron chi connectivity index (χ3n) is 3.81. The molecule has 2 N–H and O–H groups in total. The van der Waals surface area contributed by atoms with Crippen molar-refractivity contribution >= 4 is 10.2 Å². The first kappa shape index (κ1) is 14.2. The van der Waals surface area contributed by atoms with E-state index in [0.29, 0.717) is 25.6 Å². The Morgan fingerprint density at radius 1 is 1.17 bits per heavy atom. The standard InChI is InChI=1S/C11H24N4O2S/c1-14-6-2-11(3-7-14)10-13-18(16,17)15-8-4-12-5-9-15/h11-13H,2-10H2,1H3. The zero-order valence-corrected chi connectivity index (χ0v) is 11.9. The van der Waals surface area contributed by atoms with Crippen LogP contribution < -0.4 is 10.0 Å². The van der Waals surface area contributed by atoms with Crippen LogP contribution in [0.4, 0.5) is 0 Å². The normalized spacial score (nSPS) is 25.4. The molecular formula is C11H24N4O2S. The first-order valence-electron chi connectivity index (χ1n) is 6.72. The molecule has 0 amide bonds. The highest BCUT2D eigenvalue weighted by Gasteiger charge is 2.25. The molecule has 0 bridgehead atoms. The number of piperidine rings is 1. The van der Waals surface area contributed by atoms with E-state index in [-0.39, 0.29) is 0 Å². The van der Waals surface area contributed by atoms with E-state index >= 15 is 0 Å². The molecule has 7 heteroatoms. The molecule has 2 heterocycles.